The number of nitrogens with zero attached hydrogens (tertiary/aromatic N) is 1. The predicted octanol–water partition coefficient (Wildman–Crippen LogP) is 4.03. The molecule has 1 aromatic heterocycles. The number of hydrogen-bond donors (Lipinski definition) is 2. The lowest BCUT2D eigenvalue weighted by molar-refractivity contribution is 0.0927. The average molecular weight is 313 g/mol. The molecule has 2 aromatic rings. The first-order valence-corrected chi connectivity index (χ1v) is 8.00. The molecular weight excluding hydrogens is 293 g/mol. The van der Waals surface area contributed by atoms with E-state index < -0.39 is 0 Å². The molecule has 120 valence electrons. The molecule has 1 amide bonds. The number of benzene rings is 1. The molecule has 1 saturated carbocycles. The predicted molar refractivity (Wildman–Crippen MR) is 88.3 cm³/mol. The minimum absolute atomic E-state index is 0.124. The second-order valence-corrected chi connectivity index (χ2v) is 5.88. The molecule has 23 heavy (non-hydrogen) atoms. The van der Waals surface area contributed by atoms with Crippen molar-refractivity contribution in [3.8, 4) is 0 Å². The van der Waals surface area contributed by atoms with Crippen molar-refractivity contribution in [2.45, 2.75) is 38.1 Å². The van der Waals surface area contributed by atoms with E-state index in [1.54, 1.807) is 30.5 Å². The Bertz CT molecular complexity index is 683. The third kappa shape index (κ3) is 4.06. The lowest BCUT2D eigenvalue weighted by Crippen LogP contribution is -2.36. The van der Waals surface area contributed by atoms with Crippen LogP contribution in [0.4, 0.5) is 15.8 Å². The van der Waals surface area contributed by atoms with Crippen molar-refractivity contribution in [2.24, 2.45) is 0 Å². The Hall–Kier alpha value is -2.43. The lowest BCUT2D eigenvalue weighted by atomic mass is 9.95. The summed E-state index contributed by atoms with van der Waals surface area (Å²) in [7, 11) is 0. The minimum Gasteiger partial charge on any atom is -0.352 e. The number of carbonyl (C=O) groups is 1. The zero-order valence-corrected chi connectivity index (χ0v) is 12.9. The van der Waals surface area contributed by atoms with Crippen LogP contribution in [0.25, 0.3) is 0 Å². The molecule has 0 saturated heterocycles. The topological polar surface area (TPSA) is 54.0 Å². The zero-order valence-electron chi connectivity index (χ0n) is 12.9. The number of nitrogens with one attached hydrogen (secondary N) is 2. The smallest absolute Gasteiger partial charge is 0.253 e. The number of para-hydroxylation sites is 1. The van der Waals surface area contributed by atoms with Gasteiger partial charge in [0.25, 0.3) is 5.91 Å². The molecule has 0 bridgehead atoms. The summed E-state index contributed by atoms with van der Waals surface area (Å²) < 4.78 is 13.7. The van der Waals surface area contributed by atoms with Crippen molar-refractivity contribution in [1.82, 2.24) is 10.3 Å². The van der Waals surface area contributed by atoms with Crippen LogP contribution < -0.4 is 10.6 Å². The maximum atomic E-state index is 13.7. The third-order valence-corrected chi connectivity index (χ3v) is 4.09. The van der Waals surface area contributed by atoms with Crippen molar-refractivity contribution < 1.29 is 9.18 Å². The van der Waals surface area contributed by atoms with E-state index in [1.165, 1.54) is 18.7 Å². The van der Waals surface area contributed by atoms with Crippen LogP contribution in [0.5, 0.6) is 0 Å². The maximum absolute atomic E-state index is 13.7. The number of pyridine rings is 1. The van der Waals surface area contributed by atoms with Crippen LogP contribution in [0.1, 0.15) is 42.5 Å². The van der Waals surface area contributed by atoms with E-state index in [4.69, 9.17) is 0 Å². The molecule has 2 N–H and O–H groups in total. The molecule has 3 rings (SSSR count). The number of amides is 1. The first-order valence-electron chi connectivity index (χ1n) is 8.00. The van der Waals surface area contributed by atoms with Crippen LogP contribution in [-0.4, -0.2) is 16.9 Å². The number of halogens is 1. The van der Waals surface area contributed by atoms with Gasteiger partial charge in [0.15, 0.2) is 0 Å². The van der Waals surface area contributed by atoms with E-state index in [2.05, 4.69) is 15.6 Å². The van der Waals surface area contributed by atoms with Crippen molar-refractivity contribution in [1.29, 1.82) is 0 Å². The first kappa shape index (κ1) is 15.5. The normalized spacial score (nSPS) is 15.2. The highest BCUT2D eigenvalue weighted by atomic mass is 19.1. The zero-order chi connectivity index (χ0) is 16.1. The summed E-state index contributed by atoms with van der Waals surface area (Å²) in [6, 6.07) is 8.35. The van der Waals surface area contributed by atoms with Gasteiger partial charge in [-0.2, -0.15) is 0 Å². The van der Waals surface area contributed by atoms with Gasteiger partial charge >= 0.3 is 0 Å². The summed E-state index contributed by atoms with van der Waals surface area (Å²) in [5.41, 5.74) is 1.43. The number of anilines is 2. The fourth-order valence-corrected chi connectivity index (χ4v) is 2.87. The molecule has 0 atom stereocenters. The number of carbonyl (C=O) groups excluding carboxylic acids is 1. The van der Waals surface area contributed by atoms with Crippen molar-refractivity contribution >= 4 is 17.3 Å². The molecule has 0 aliphatic heterocycles. The number of hydrogen-bond acceptors (Lipinski definition) is 3. The Balaban J connectivity index is 1.69. The van der Waals surface area contributed by atoms with Gasteiger partial charge in [0.2, 0.25) is 0 Å². The summed E-state index contributed by atoms with van der Waals surface area (Å²) in [6.07, 6.45) is 8.75. The van der Waals surface area contributed by atoms with Gasteiger partial charge in [-0.05, 0) is 31.0 Å². The van der Waals surface area contributed by atoms with Gasteiger partial charge in [0, 0.05) is 12.2 Å². The van der Waals surface area contributed by atoms with Gasteiger partial charge in [-0.15, -0.1) is 0 Å². The molecule has 1 aromatic carbocycles. The third-order valence-electron chi connectivity index (χ3n) is 4.09. The maximum Gasteiger partial charge on any atom is 0.253 e. The SMILES string of the molecule is O=C(NC1CCCCC1)c1cncc(Nc2ccccc2F)c1. The first-order chi connectivity index (χ1) is 11.2. The fourth-order valence-electron chi connectivity index (χ4n) is 2.87. The van der Waals surface area contributed by atoms with Crippen LogP contribution in [0.2, 0.25) is 0 Å². The summed E-state index contributed by atoms with van der Waals surface area (Å²) >= 11 is 0. The molecular formula is C18H20FN3O. The largest absolute Gasteiger partial charge is 0.352 e. The van der Waals surface area contributed by atoms with E-state index in [0.717, 1.165) is 25.7 Å². The van der Waals surface area contributed by atoms with Gasteiger partial charge in [0.05, 0.1) is 23.1 Å². The Labute approximate surface area is 135 Å². The second kappa shape index (κ2) is 7.22. The molecule has 5 heteroatoms. The molecule has 1 aliphatic carbocycles. The molecule has 4 nitrogen and oxygen atoms in total. The van der Waals surface area contributed by atoms with Gasteiger partial charge < -0.3 is 10.6 Å². The number of rotatable bonds is 4. The molecule has 1 aliphatic rings. The lowest BCUT2D eigenvalue weighted by Gasteiger charge is -2.22. The summed E-state index contributed by atoms with van der Waals surface area (Å²) in [5.74, 6) is -0.467. The fraction of sp³-hybridized carbons (Fsp3) is 0.333. The highest BCUT2D eigenvalue weighted by molar-refractivity contribution is 5.95. The number of aromatic nitrogens is 1. The molecule has 0 unspecified atom stereocenters. The van der Waals surface area contributed by atoms with Crippen LogP contribution in [0.3, 0.4) is 0 Å². The minimum atomic E-state index is -0.343. The van der Waals surface area contributed by atoms with Gasteiger partial charge in [-0.25, -0.2) is 4.39 Å². The molecule has 1 fully saturated rings. The quantitative estimate of drug-likeness (QED) is 0.896. The summed E-state index contributed by atoms with van der Waals surface area (Å²) in [4.78, 5) is 16.4. The van der Waals surface area contributed by atoms with E-state index in [-0.39, 0.29) is 17.8 Å². The highest BCUT2D eigenvalue weighted by Crippen LogP contribution is 2.21. The van der Waals surface area contributed by atoms with Gasteiger partial charge in [0.1, 0.15) is 5.82 Å². The Morgan fingerprint density at radius 1 is 1.13 bits per heavy atom. The van der Waals surface area contributed by atoms with E-state index in [9.17, 15) is 9.18 Å². The molecule has 0 spiro atoms. The average Bonchev–Trinajstić information content (AvgIpc) is 2.58. The summed E-state index contributed by atoms with van der Waals surface area (Å²) in [5, 5.41) is 6.01. The monoisotopic (exact) mass is 313 g/mol. The van der Waals surface area contributed by atoms with E-state index in [1.807, 2.05) is 0 Å². The van der Waals surface area contributed by atoms with E-state index in [0.29, 0.717) is 16.9 Å². The van der Waals surface area contributed by atoms with Crippen LogP contribution >= 0.6 is 0 Å². The van der Waals surface area contributed by atoms with Crippen LogP contribution in [0, 0.1) is 5.82 Å². The van der Waals surface area contributed by atoms with Crippen molar-refractivity contribution in [3.63, 3.8) is 0 Å². The van der Waals surface area contributed by atoms with E-state index >= 15 is 0 Å². The van der Waals surface area contributed by atoms with Crippen molar-refractivity contribution in [3.05, 3.63) is 54.1 Å². The Morgan fingerprint density at radius 2 is 1.91 bits per heavy atom. The molecule has 1 heterocycles. The van der Waals surface area contributed by atoms with Gasteiger partial charge in [-0.3, -0.25) is 9.78 Å². The molecule has 0 radical (unpaired) electrons. The Morgan fingerprint density at radius 3 is 2.70 bits per heavy atom. The van der Waals surface area contributed by atoms with Crippen LogP contribution in [0.15, 0.2) is 42.7 Å². The van der Waals surface area contributed by atoms with Crippen LogP contribution in [-0.2, 0) is 0 Å². The highest BCUT2D eigenvalue weighted by Gasteiger charge is 2.17. The summed E-state index contributed by atoms with van der Waals surface area (Å²) in [6.45, 7) is 0. The van der Waals surface area contributed by atoms with Crippen molar-refractivity contribution in [2.75, 3.05) is 5.32 Å². The van der Waals surface area contributed by atoms with Gasteiger partial charge in [-0.1, -0.05) is 31.4 Å². The Kier molecular flexibility index (Phi) is 4.86. The second-order valence-electron chi connectivity index (χ2n) is 5.88. The standard InChI is InChI=1S/C18H20FN3O/c19-16-8-4-5-9-17(16)21-15-10-13(11-20-12-15)18(23)22-14-6-2-1-3-7-14/h4-5,8-12,14,21H,1-3,6-7H2,(H,22,23).